The number of hydrogen-bond acceptors (Lipinski definition) is 4. The minimum absolute atomic E-state index is 0.272. The zero-order valence-electron chi connectivity index (χ0n) is 16.1. The SMILES string of the molecule is CCn1cc(/C=C2\SC(=O)N(CC(=O)Nc3ccc(F)cc3)C2=O)c2ccccc21. The molecule has 3 aromatic rings. The number of hydrogen-bond donors (Lipinski definition) is 1. The molecule has 0 radical (unpaired) electrons. The average Bonchev–Trinajstić information content (AvgIpc) is 3.22. The third-order valence-electron chi connectivity index (χ3n) is 4.75. The minimum Gasteiger partial charge on any atom is -0.347 e. The van der Waals surface area contributed by atoms with Gasteiger partial charge in [0, 0.05) is 34.9 Å². The quantitative estimate of drug-likeness (QED) is 0.615. The van der Waals surface area contributed by atoms with Gasteiger partial charge in [-0.1, -0.05) is 18.2 Å². The summed E-state index contributed by atoms with van der Waals surface area (Å²) in [5, 5.41) is 3.04. The number of benzene rings is 2. The predicted molar refractivity (Wildman–Crippen MR) is 115 cm³/mol. The fraction of sp³-hybridized carbons (Fsp3) is 0.136. The monoisotopic (exact) mass is 423 g/mol. The van der Waals surface area contributed by atoms with Gasteiger partial charge in [0.15, 0.2) is 0 Å². The lowest BCUT2D eigenvalue weighted by molar-refractivity contribution is -0.127. The second-order valence-electron chi connectivity index (χ2n) is 6.71. The van der Waals surface area contributed by atoms with Crippen molar-refractivity contribution < 1.29 is 18.8 Å². The largest absolute Gasteiger partial charge is 0.347 e. The lowest BCUT2D eigenvalue weighted by Crippen LogP contribution is -2.36. The van der Waals surface area contributed by atoms with Crippen LogP contribution in [0.25, 0.3) is 17.0 Å². The Morgan fingerprint density at radius 2 is 1.87 bits per heavy atom. The van der Waals surface area contributed by atoms with Crippen LogP contribution in [0.5, 0.6) is 0 Å². The first kappa shape index (κ1) is 19.9. The number of aromatic nitrogens is 1. The molecule has 1 fully saturated rings. The van der Waals surface area contributed by atoms with Crippen molar-refractivity contribution in [3.05, 3.63) is 71.0 Å². The van der Waals surface area contributed by atoms with Crippen molar-refractivity contribution in [2.24, 2.45) is 0 Å². The Morgan fingerprint density at radius 1 is 1.13 bits per heavy atom. The maximum absolute atomic E-state index is 13.0. The second kappa shape index (κ2) is 8.16. The normalized spacial score (nSPS) is 15.4. The summed E-state index contributed by atoms with van der Waals surface area (Å²) in [6, 6.07) is 13.1. The van der Waals surface area contributed by atoms with Crippen LogP contribution in [0.1, 0.15) is 12.5 Å². The number of thioether (sulfide) groups is 1. The van der Waals surface area contributed by atoms with Gasteiger partial charge in [0.2, 0.25) is 5.91 Å². The van der Waals surface area contributed by atoms with Crippen molar-refractivity contribution in [2.45, 2.75) is 13.5 Å². The molecule has 0 aliphatic carbocycles. The van der Waals surface area contributed by atoms with E-state index in [-0.39, 0.29) is 4.91 Å². The van der Waals surface area contributed by atoms with Crippen LogP contribution < -0.4 is 5.32 Å². The molecule has 1 aromatic heterocycles. The lowest BCUT2D eigenvalue weighted by Gasteiger charge is -2.12. The molecule has 152 valence electrons. The van der Waals surface area contributed by atoms with Crippen LogP contribution in [-0.4, -0.2) is 33.1 Å². The molecule has 3 amide bonds. The van der Waals surface area contributed by atoms with E-state index in [9.17, 15) is 18.8 Å². The van der Waals surface area contributed by atoms with Crippen molar-refractivity contribution in [1.29, 1.82) is 0 Å². The smallest absolute Gasteiger partial charge is 0.294 e. The highest BCUT2D eigenvalue weighted by molar-refractivity contribution is 8.18. The standard InChI is InChI=1S/C22H18FN3O3S/c1-2-25-12-14(17-5-3-4-6-18(17)25)11-19-21(28)26(22(29)30-19)13-20(27)24-16-9-7-15(23)8-10-16/h3-12H,2,13H2,1H3,(H,24,27)/b19-11-. The maximum atomic E-state index is 13.0. The van der Waals surface area contributed by atoms with Crippen LogP contribution in [-0.2, 0) is 16.1 Å². The maximum Gasteiger partial charge on any atom is 0.294 e. The zero-order valence-corrected chi connectivity index (χ0v) is 16.9. The number of amides is 3. The summed E-state index contributed by atoms with van der Waals surface area (Å²) in [4.78, 5) is 38.5. The molecule has 1 aliphatic rings. The van der Waals surface area contributed by atoms with Gasteiger partial charge >= 0.3 is 0 Å². The number of aryl methyl sites for hydroxylation is 1. The van der Waals surface area contributed by atoms with E-state index in [1.54, 1.807) is 6.08 Å². The third-order valence-corrected chi connectivity index (χ3v) is 5.66. The van der Waals surface area contributed by atoms with Gasteiger partial charge in [0.25, 0.3) is 11.1 Å². The Bertz CT molecular complexity index is 1180. The van der Waals surface area contributed by atoms with Gasteiger partial charge < -0.3 is 9.88 Å². The van der Waals surface area contributed by atoms with Gasteiger partial charge in [0.1, 0.15) is 12.4 Å². The summed E-state index contributed by atoms with van der Waals surface area (Å²) in [5.41, 5.74) is 2.27. The highest BCUT2D eigenvalue weighted by Gasteiger charge is 2.36. The fourth-order valence-corrected chi connectivity index (χ4v) is 4.14. The van der Waals surface area contributed by atoms with E-state index in [4.69, 9.17) is 0 Å². The number of anilines is 1. The molecule has 0 saturated carbocycles. The van der Waals surface area contributed by atoms with Gasteiger partial charge in [-0.3, -0.25) is 19.3 Å². The molecule has 4 rings (SSSR count). The van der Waals surface area contributed by atoms with E-state index in [2.05, 4.69) is 9.88 Å². The van der Waals surface area contributed by atoms with Crippen LogP contribution in [0, 0.1) is 5.82 Å². The van der Waals surface area contributed by atoms with Gasteiger partial charge in [-0.05, 0) is 55.1 Å². The molecule has 2 heterocycles. The van der Waals surface area contributed by atoms with Gasteiger partial charge in [0.05, 0.1) is 4.91 Å². The summed E-state index contributed by atoms with van der Waals surface area (Å²) in [7, 11) is 0. The Hall–Kier alpha value is -3.39. The van der Waals surface area contributed by atoms with Crippen LogP contribution in [0.2, 0.25) is 0 Å². The first-order chi connectivity index (χ1) is 14.5. The Labute approximate surface area is 176 Å². The first-order valence-corrected chi connectivity index (χ1v) is 10.2. The number of fused-ring (bicyclic) bond motifs is 1. The molecule has 0 spiro atoms. The number of para-hydroxylation sites is 1. The third kappa shape index (κ3) is 3.86. The molecule has 1 saturated heterocycles. The fourth-order valence-electron chi connectivity index (χ4n) is 3.31. The summed E-state index contributed by atoms with van der Waals surface area (Å²) >= 11 is 0.812. The molecule has 0 bridgehead atoms. The zero-order chi connectivity index (χ0) is 21.3. The molecule has 1 aliphatic heterocycles. The first-order valence-electron chi connectivity index (χ1n) is 9.35. The number of nitrogens with one attached hydrogen (secondary N) is 1. The molecule has 0 atom stereocenters. The van der Waals surface area contributed by atoms with E-state index in [0.29, 0.717) is 5.69 Å². The van der Waals surface area contributed by atoms with E-state index in [0.717, 1.165) is 39.7 Å². The molecule has 0 unspecified atom stereocenters. The molecule has 30 heavy (non-hydrogen) atoms. The number of imide groups is 1. The summed E-state index contributed by atoms with van der Waals surface area (Å²) in [5.74, 6) is -1.46. The number of carbonyl (C=O) groups is 3. The van der Waals surface area contributed by atoms with Crippen LogP contribution in [0.15, 0.2) is 59.6 Å². The van der Waals surface area contributed by atoms with Crippen LogP contribution in [0.3, 0.4) is 0 Å². The molecular weight excluding hydrogens is 405 g/mol. The van der Waals surface area contributed by atoms with Crippen molar-refractivity contribution in [1.82, 2.24) is 9.47 Å². The lowest BCUT2D eigenvalue weighted by atomic mass is 10.1. The summed E-state index contributed by atoms with van der Waals surface area (Å²) < 4.78 is 15.0. The number of halogens is 1. The second-order valence-corrected chi connectivity index (χ2v) is 7.70. The molecule has 6 nitrogen and oxygen atoms in total. The van der Waals surface area contributed by atoms with Crippen molar-refractivity contribution in [2.75, 3.05) is 11.9 Å². The molecule has 8 heteroatoms. The highest BCUT2D eigenvalue weighted by atomic mass is 32.2. The van der Waals surface area contributed by atoms with E-state index < -0.39 is 29.4 Å². The average molecular weight is 423 g/mol. The molecule has 2 aromatic carbocycles. The Balaban J connectivity index is 1.53. The predicted octanol–water partition coefficient (Wildman–Crippen LogP) is 4.48. The number of carbonyl (C=O) groups excluding carboxylic acids is 3. The van der Waals surface area contributed by atoms with Gasteiger partial charge in [-0.25, -0.2) is 4.39 Å². The van der Waals surface area contributed by atoms with Crippen LogP contribution >= 0.6 is 11.8 Å². The van der Waals surface area contributed by atoms with Gasteiger partial charge in [-0.2, -0.15) is 0 Å². The summed E-state index contributed by atoms with van der Waals surface area (Å²) in [6.07, 6.45) is 3.64. The van der Waals surface area contributed by atoms with Crippen molar-refractivity contribution in [3.8, 4) is 0 Å². The number of nitrogens with zero attached hydrogens (tertiary/aromatic N) is 2. The van der Waals surface area contributed by atoms with Crippen LogP contribution in [0.4, 0.5) is 14.9 Å². The summed E-state index contributed by atoms with van der Waals surface area (Å²) in [6.45, 7) is 2.40. The van der Waals surface area contributed by atoms with Gasteiger partial charge in [-0.15, -0.1) is 0 Å². The molecule has 1 N–H and O–H groups in total. The van der Waals surface area contributed by atoms with E-state index >= 15 is 0 Å². The van der Waals surface area contributed by atoms with Crippen molar-refractivity contribution in [3.63, 3.8) is 0 Å². The van der Waals surface area contributed by atoms with E-state index in [1.807, 2.05) is 37.4 Å². The number of rotatable bonds is 5. The van der Waals surface area contributed by atoms with E-state index in [1.165, 1.54) is 24.3 Å². The topological polar surface area (TPSA) is 71.4 Å². The Morgan fingerprint density at radius 3 is 2.60 bits per heavy atom. The highest BCUT2D eigenvalue weighted by Crippen LogP contribution is 2.34. The van der Waals surface area contributed by atoms with Crippen molar-refractivity contribution >= 4 is 51.5 Å². The molecular formula is C22H18FN3O3S. The Kier molecular flexibility index (Phi) is 5.41. The minimum atomic E-state index is -0.534.